The van der Waals surface area contributed by atoms with Gasteiger partial charge >= 0.3 is 6.09 Å². The molecule has 2 aliphatic rings. The molecule has 1 amide bonds. The number of nitrogens with one attached hydrogen (secondary N) is 2. The number of carbonyl (C=O) groups excluding carboxylic acids is 1. The molecule has 2 unspecified atom stereocenters. The summed E-state index contributed by atoms with van der Waals surface area (Å²) in [5.41, 5.74) is 1.13. The van der Waals surface area contributed by atoms with Crippen molar-refractivity contribution in [1.29, 1.82) is 0 Å². The van der Waals surface area contributed by atoms with Gasteiger partial charge in [-0.05, 0) is 43.7 Å². The molecule has 1 aliphatic heterocycles. The maximum atomic E-state index is 11.8. The van der Waals surface area contributed by atoms with Crippen molar-refractivity contribution in [1.82, 2.24) is 10.6 Å². The summed E-state index contributed by atoms with van der Waals surface area (Å²) < 4.78 is 5.24. The van der Waals surface area contributed by atoms with Crippen LogP contribution in [0.25, 0.3) is 0 Å². The predicted molar refractivity (Wildman–Crippen MR) is 77.3 cm³/mol. The molecule has 1 saturated heterocycles. The molecule has 2 bridgehead atoms. The minimum Gasteiger partial charge on any atom is -0.445 e. The van der Waals surface area contributed by atoms with Gasteiger partial charge in [-0.2, -0.15) is 0 Å². The Morgan fingerprint density at radius 2 is 2.20 bits per heavy atom. The second-order valence-electron chi connectivity index (χ2n) is 6.02. The smallest absolute Gasteiger partial charge is 0.407 e. The van der Waals surface area contributed by atoms with Crippen LogP contribution in [0.5, 0.6) is 0 Å². The highest BCUT2D eigenvalue weighted by Crippen LogP contribution is 2.39. The van der Waals surface area contributed by atoms with Crippen molar-refractivity contribution in [2.45, 2.75) is 37.8 Å². The summed E-state index contributed by atoms with van der Waals surface area (Å²) in [5, 5.41) is 6.50. The molecule has 1 aliphatic carbocycles. The Hall–Kier alpha value is -1.55. The fraction of sp³-hybridized carbons (Fsp3) is 0.562. The molecule has 2 N–H and O–H groups in total. The molecule has 0 radical (unpaired) electrons. The second-order valence-corrected chi connectivity index (χ2v) is 6.02. The number of carbonyl (C=O) groups is 1. The third-order valence-electron chi connectivity index (χ3n) is 4.55. The van der Waals surface area contributed by atoms with Gasteiger partial charge in [0.2, 0.25) is 0 Å². The monoisotopic (exact) mass is 274 g/mol. The van der Waals surface area contributed by atoms with Crippen molar-refractivity contribution in [3.63, 3.8) is 0 Å². The van der Waals surface area contributed by atoms with Crippen LogP contribution < -0.4 is 10.6 Å². The molecule has 0 aromatic heterocycles. The Morgan fingerprint density at radius 3 is 3.05 bits per heavy atom. The SMILES string of the molecule is O=C(NCC12CCC(CCN1)C2)OCc1ccccc1. The minimum atomic E-state index is -0.320. The number of piperidine rings is 1. The molecule has 4 nitrogen and oxygen atoms in total. The first-order valence-electron chi connectivity index (χ1n) is 7.45. The highest BCUT2D eigenvalue weighted by molar-refractivity contribution is 5.67. The van der Waals surface area contributed by atoms with Gasteiger partial charge in [0, 0.05) is 12.1 Å². The van der Waals surface area contributed by atoms with Crippen molar-refractivity contribution >= 4 is 6.09 Å². The zero-order chi connectivity index (χ0) is 13.8. The third-order valence-corrected chi connectivity index (χ3v) is 4.55. The van der Waals surface area contributed by atoms with E-state index in [9.17, 15) is 4.79 Å². The number of alkyl carbamates (subject to hydrolysis) is 1. The molecule has 1 aromatic carbocycles. The van der Waals surface area contributed by atoms with Crippen LogP contribution in [0, 0.1) is 5.92 Å². The van der Waals surface area contributed by atoms with E-state index in [0.717, 1.165) is 24.4 Å². The Bertz CT molecular complexity index is 459. The quantitative estimate of drug-likeness (QED) is 0.886. The number of fused-ring (bicyclic) bond motifs is 2. The number of benzene rings is 1. The van der Waals surface area contributed by atoms with Crippen molar-refractivity contribution in [3.8, 4) is 0 Å². The summed E-state index contributed by atoms with van der Waals surface area (Å²) >= 11 is 0. The highest BCUT2D eigenvalue weighted by Gasteiger charge is 2.41. The van der Waals surface area contributed by atoms with Crippen LogP contribution in [-0.2, 0) is 11.3 Å². The van der Waals surface area contributed by atoms with E-state index in [0.29, 0.717) is 13.2 Å². The van der Waals surface area contributed by atoms with E-state index >= 15 is 0 Å². The number of hydrogen-bond donors (Lipinski definition) is 2. The second kappa shape index (κ2) is 5.83. The van der Waals surface area contributed by atoms with Gasteiger partial charge in [0.1, 0.15) is 6.61 Å². The highest BCUT2D eigenvalue weighted by atomic mass is 16.5. The van der Waals surface area contributed by atoms with E-state index in [1.807, 2.05) is 30.3 Å². The van der Waals surface area contributed by atoms with Crippen molar-refractivity contribution in [2.75, 3.05) is 13.1 Å². The topological polar surface area (TPSA) is 50.4 Å². The molecule has 1 aromatic rings. The minimum absolute atomic E-state index is 0.120. The lowest BCUT2D eigenvalue weighted by Gasteiger charge is -2.34. The Balaban J connectivity index is 1.43. The van der Waals surface area contributed by atoms with Gasteiger partial charge in [-0.3, -0.25) is 0 Å². The summed E-state index contributed by atoms with van der Waals surface area (Å²) in [6.07, 6.45) is 4.59. The molecule has 1 saturated carbocycles. The van der Waals surface area contributed by atoms with Crippen LogP contribution in [0.15, 0.2) is 30.3 Å². The lowest BCUT2D eigenvalue weighted by molar-refractivity contribution is 0.134. The van der Waals surface area contributed by atoms with Gasteiger partial charge < -0.3 is 15.4 Å². The van der Waals surface area contributed by atoms with Crippen molar-refractivity contribution in [2.24, 2.45) is 5.92 Å². The number of amides is 1. The fourth-order valence-corrected chi connectivity index (χ4v) is 3.42. The summed E-state index contributed by atoms with van der Waals surface area (Å²) in [7, 11) is 0. The average Bonchev–Trinajstić information content (AvgIpc) is 2.79. The Labute approximate surface area is 119 Å². The summed E-state index contributed by atoms with van der Waals surface area (Å²) in [5.74, 6) is 0.846. The van der Waals surface area contributed by atoms with Crippen LogP contribution in [0.3, 0.4) is 0 Å². The first-order valence-corrected chi connectivity index (χ1v) is 7.45. The summed E-state index contributed by atoms with van der Waals surface area (Å²) in [4.78, 5) is 11.8. The van der Waals surface area contributed by atoms with Gasteiger partial charge in [0.05, 0.1) is 0 Å². The predicted octanol–water partition coefficient (Wildman–Crippen LogP) is 2.45. The first kappa shape index (κ1) is 13.4. The lowest BCUT2D eigenvalue weighted by atomic mass is 9.91. The van der Waals surface area contributed by atoms with E-state index in [1.165, 1.54) is 19.3 Å². The van der Waals surface area contributed by atoms with Crippen LogP contribution in [0.1, 0.15) is 31.2 Å². The summed E-state index contributed by atoms with van der Waals surface area (Å²) in [6, 6.07) is 9.75. The molecule has 20 heavy (non-hydrogen) atoms. The number of rotatable bonds is 4. The van der Waals surface area contributed by atoms with E-state index in [2.05, 4.69) is 10.6 Å². The van der Waals surface area contributed by atoms with E-state index in [4.69, 9.17) is 4.74 Å². The number of ether oxygens (including phenoxy) is 1. The normalized spacial score (nSPS) is 28.1. The molecular formula is C16H22N2O2. The van der Waals surface area contributed by atoms with E-state index < -0.39 is 0 Å². The first-order chi connectivity index (χ1) is 9.76. The Morgan fingerprint density at radius 1 is 1.35 bits per heavy atom. The molecule has 108 valence electrons. The van der Waals surface area contributed by atoms with Gasteiger partial charge in [-0.15, -0.1) is 0 Å². The maximum absolute atomic E-state index is 11.8. The molecular weight excluding hydrogens is 252 g/mol. The van der Waals surface area contributed by atoms with Crippen LogP contribution >= 0.6 is 0 Å². The molecule has 1 heterocycles. The van der Waals surface area contributed by atoms with E-state index in [-0.39, 0.29) is 11.6 Å². The molecule has 2 atom stereocenters. The van der Waals surface area contributed by atoms with Gasteiger partial charge in [-0.25, -0.2) is 4.79 Å². The molecule has 4 heteroatoms. The summed E-state index contributed by atoms with van der Waals surface area (Å²) in [6.45, 7) is 2.08. The van der Waals surface area contributed by atoms with Crippen molar-refractivity contribution in [3.05, 3.63) is 35.9 Å². The lowest BCUT2D eigenvalue weighted by Crippen LogP contribution is -2.54. The van der Waals surface area contributed by atoms with Gasteiger partial charge in [0.25, 0.3) is 0 Å². The zero-order valence-corrected chi connectivity index (χ0v) is 11.7. The average molecular weight is 274 g/mol. The van der Waals surface area contributed by atoms with Gasteiger partial charge in [-0.1, -0.05) is 30.3 Å². The van der Waals surface area contributed by atoms with Crippen LogP contribution in [-0.4, -0.2) is 24.7 Å². The zero-order valence-electron chi connectivity index (χ0n) is 11.7. The molecule has 0 spiro atoms. The largest absolute Gasteiger partial charge is 0.445 e. The maximum Gasteiger partial charge on any atom is 0.407 e. The molecule has 2 fully saturated rings. The molecule has 3 rings (SSSR count). The van der Waals surface area contributed by atoms with Crippen LogP contribution in [0.4, 0.5) is 4.79 Å². The Kier molecular flexibility index (Phi) is 3.92. The third kappa shape index (κ3) is 3.12. The number of hydrogen-bond acceptors (Lipinski definition) is 3. The standard InChI is InChI=1S/C16H22N2O2/c19-15(20-11-14-4-2-1-3-5-14)17-12-16-8-6-13(10-16)7-9-18-16/h1-5,13,18H,6-12H2,(H,17,19). The van der Waals surface area contributed by atoms with Crippen molar-refractivity contribution < 1.29 is 9.53 Å². The fourth-order valence-electron chi connectivity index (χ4n) is 3.42. The van der Waals surface area contributed by atoms with Gasteiger partial charge in [0.15, 0.2) is 0 Å². The van der Waals surface area contributed by atoms with Crippen LogP contribution in [0.2, 0.25) is 0 Å². The van der Waals surface area contributed by atoms with E-state index in [1.54, 1.807) is 0 Å².